The smallest absolute Gasteiger partial charge is 0.259 e. The summed E-state index contributed by atoms with van der Waals surface area (Å²) in [6.45, 7) is 1.22. The molecule has 5 nitrogen and oxygen atoms in total. The molecule has 9 heteroatoms. The molecule has 1 aromatic heterocycles. The Labute approximate surface area is 174 Å². The Balaban J connectivity index is 0.00000169. The molecule has 1 fully saturated rings. The van der Waals surface area contributed by atoms with Gasteiger partial charge in [0.25, 0.3) is 5.91 Å². The van der Waals surface area contributed by atoms with Crippen molar-refractivity contribution < 1.29 is 9.53 Å². The van der Waals surface area contributed by atoms with Gasteiger partial charge < -0.3 is 15.4 Å². The molecule has 26 heavy (non-hydrogen) atoms. The Morgan fingerprint density at radius 3 is 2.73 bits per heavy atom. The maximum Gasteiger partial charge on any atom is 0.259 e. The molecular formula is C17H19Cl4N3O2. The quantitative estimate of drug-likeness (QED) is 0.760. The zero-order valence-electron chi connectivity index (χ0n) is 13.7. The zero-order chi connectivity index (χ0) is 17.1. The van der Waals surface area contributed by atoms with Gasteiger partial charge in [0.2, 0.25) is 5.88 Å². The number of hydrogen-bond donors (Lipinski definition) is 1. The second-order valence-electron chi connectivity index (χ2n) is 5.69. The normalized spacial score (nSPS) is 16.3. The molecule has 1 aromatic carbocycles. The van der Waals surface area contributed by atoms with Crippen LogP contribution in [-0.2, 0) is 0 Å². The molecule has 2 N–H and O–H groups in total. The number of nitrogens with zero attached hydrogens (tertiary/aromatic N) is 2. The first kappa shape index (κ1) is 22.8. The monoisotopic (exact) mass is 437 g/mol. The fourth-order valence-corrected chi connectivity index (χ4v) is 3.11. The van der Waals surface area contributed by atoms with Gasteiger partial charge in [0.05, 0.1) is 5.02 Å². The highest BCUT2D eigenvalue weighted by atomic mass is 35.5. The molecule has 0 bridgehead atoms. The first-order valence-electron chi connectivity index (χ1n) is 7.67. The predicted molar refractivity (Wildman–Crippen MR) is 108 cm³/mol. The average Bonchev–Trinajstić information content (AvgIpc) is 2.57. The minimum absolute atomic E-state index is 0. The van der Waals surface area contributed by atoms with Crippen LogP contribution in [0.5, 0.6) is 11.6 Å². The molecule has 1 atom stereocenters. The van der Waals surface area contributed by atoms with E-state index in [1.165, 1.54) is 0 Å². The molecule has 1 aliphatic rings. The van der Waals surface area contributed by atoms with Crippen LogP contribution in [0.25, 0.3) is 0 Å². The molecule has 1 amide bonds. The molecule has 2 heterocycles. The highest BCUT2D eigenvalue weighted by Gasteiger charge is 2.25. The standard InChI is InChI=1S/C17H17Cl2N3O2.2ClH/c18-11-5-6-15(14(19)9-11)24-16-13(4-1-7-21-16)17(23)22-8-2-3-12(20)10-22;;/h1,4-7,9,12H,2-3,8,10,20H2;2*1H. The van der Waals surface area contributed by atoms with Crippen molar-refractivity contribution in [3.63, 3.8) is 0 Å². The van der Waals surface area contributed by atoms with Crippen molar-refractivity contribution >= 4 is 53.9 Å². The number of hydrogen-bond acceptors (Lipinski definition) is 4. The number of benzene rings is 1. The molecular weight excluding hydrogens is 420 g/mol. The van der Waals surface area contributed by atoms with Crippen LogP contribution in [0.2, 0.25) is 10.0 Å². The number of likely N-dealkylation sites (tertiary alicyclic amines) is 1. The second kappa shape index (κ2) is 10.2. The summed E-state index contributed by atoms with van der Waals surface area (Å²) in [5.74, 6) is 0.466. The lowest BCUT2D eigenvalue weighted by molar-refractivity contribution is 0.0705. The molecule has 0 aliphatic carbocycles. The van der Waals surface area contributed by atoms with Crippen LogP contribution in [0.3, 0.4) is 0 Å². The van der Waals surface area contributed by atoms with E-state index in [4.69, 9.17) is 33.7 Å². The van der Waals surface area contributed by atoms with Crippen LogP contribution < -0.4 is 10.5 Å². The Morgan fingerprint density at radius 1 is 1.27 bits per heavy atom. The van der Waals surface area contributed by atoms with Gasteiger partial charge in [0, 0.05) is 30.4 Å². The number of pyridine rings is 1. The highest BCUT2D eigenvalue weighted by molar-refractivity contribution is 6.35. The van der Waals surface area contributed by atoms with E-state index in [1.54, 1.807) is 41.4 Å². The lowest BCUT2D eigenvalue weighted by Gasteiger charge is -2.31. The Kier molecular flexibility index (Phi) is 8.93. The number of halogens is 4. The van der Waals surface area contributed by atoms with Crippen LogP contribution in [0.1, 0.15) is 23.2 Å². The minimum atomic E-state index is -0.140. The Bertz CT molecular complexity index is 761. The first-order valence-corrected chi connectivity index (χ1v) is 8.43. The summed E-state index contributed by atoms with van der Waals surface area (Å²) >= 11 is 12.0. The van der Waals surface area contributed by atoms with E-state index in [0.717, 1.165) is 12.8 Å². The van der Waals surface area contributed by atoms with Crippen molar-refractivity contribution in [2.75, 3.05) is 13.1 Å². The number of piperidine rings is 1. The fourth-order valence-electron chi connectivity index (χ4n) is 2.66. The first-order chi connectivity index (χ1) is 11.5. The van der Waals surface area contributed by atoms with Gasteiger partial charge in [-0.05, 0) is 43.2 Å². The highest BCUT2D eigenvalue weighted by Crippen LogP contribution is 2.32. The number of nitrogens with two attached hydrogens (primary N) is 1. The number of carbonyl (C=O) groups is 1. The Morgan fingerprint density at radius 2 is 2.04 bits per heavy atom. The largest absolute Gasteiger partial charge is 0.437 e. The lowest BCUT2D eigenvalue weighted by atomic mass is 10.1. The minimum Gasteiger partial charge on any atom is -0.437 e. The number of ether oxygens (including phenoxy) is 1. The van der Waals surface area contributed by atoms with E-state index in [9.17, 15) is 4.79 Å². The molecule has 0 spiro atoms. The van der Waals surface area contributed by atoms with Crippen LogP contribution in [0.4, 0.5) is 0 Å². The van der Waals surface area contributed by atoms with Gasteiger partial charge in [-0.2, -0.15) is 0 Å². The van der Waals surface area contributed by atoms with Crippen LogP contribution in [0, 0.1) is 0 Å². The topological polar surface area (TPSA) is 68.5 Å². The van der Waals surface area contributed by atoms with Crippen molar-refractivity contribution in [3.8, 4) is 11.6 Å². The lowest BCUT2D eigenvalue weighted by Crippen LogP contribution is -2.45. The Hall–Kier alpha value is -1.24. The van der Waals surface area contributed by atoms with Gasteiger partial charge >= 0.3 is 0 Å². The maximum atomic E-state index is 12.8. The predicted octanol–water partition coefficient (Wildman–Crippen LogP) is 4.59. The summed E-state index contributed by atoms with van der Waals surface area (Å²) in [6, 6.07) is 8.28. The zero-order valence-corrected chi connectivity index (χ0v) is 16.9. The average molecular weight is 439 g/mol. The molecule has 2 aromatic rings. The summed E-state index contributed by atoms with van der Waals surface area (Å²) in [5.41, 5.74) is 6.35. The van der Waals surface area contributed by atoms with E-state index < -0.39 is 0 Å². The van der Waals surface area contributed by atoms with E-state index in [2.05, 4.69) is 4.98 Å². The molecule has 3 rings (SSSR count). The van der Waals surface area contributed by atoms with Gasteiger partial charge in [0.15, 0.2) is 0 Å². The molecule has 0 saturated carbocycles. The second-order valence-corrected chi connectivity index (χ2v) is 6.53. The third-order valence-electron chi connectivity index (χ3n) is 3.85. The molecule has 1 aliphatic heterocycles. The van der Waals surface area contributed by atoms with Crippen LogP contribution in [0.15, 0.2) is 36.5 Å². The van der Waals surface area contributed by atoms with E-state index in [1.807, 2.05) is 0 Å². The van der Waals surface area contributed by atoms with Gasteiger partial charge in [0.1, 0.15) is 11.3 Å². The summed E-state index contributed by atoms with van der Waals surface area (Å²) in [4.78, 5) is 18.7. The van der Waals surface area contributed by atoms with E-state index >= 15 is 0 Å². The van der Waals surface area contributed by atoms with Crippen molar-refractivity contribution in [1.29, 1.82) is 0 Å². The van der Waals surface area contributed by atoms with Gasteiger partial charge in [-0.1, -0.05) is 23.2 Å². The van der Waals surface area contributed by atoms with E-state index in [-0.39, 0.29) is 42.6 Å². The summed E-state index contributed by atoms with van der Waals surface area (Å²) < 4.78 is 5.75. The fraction of sp³-hybridized carbons (Fsp3) is 0.294. The maximum absolute atomic E-state index is 12.8. The molecule has 142 valence electrons. The molecule has 1 saturated heterocycles. The number of rotatable bonds is 3. The third kappa shape index (κ3) is 5.38. The number of aromatic nitrogens is 1. The summed E-state index contributed by atoms with van der Waals surface area (Å²) in [7, 11) is 0. The van der Waals surface area contributed by atoms with Crippen molar-refractivity contribution in [2.45, 2.75) is 18.9 Å². The van der Waals surface area contributed by atoms with Crippen molar-refractivity contribution in [3.05, 3.63) is 52.1 Å². The van der Waals surface area contributed by atoms with Crippen molar-refractivity contribution in [1.82, 2.24) is 9.88 Å². The SMILES string of the molecule is Cl.Cl.NC1CCCN(C(=O)c2cccnc2Oc2ccc(Cl)cc2Cl)C1. The van der Waals surface area contributed by atoms with Gasteiger partial charge in [-0.15, -0.1) is 24.8 Å². The number of amides is 1. The van der Waals surface area contributed by atoms with Crippen molar-refractivity contribution in [2.24, 2.45) is 5.73 Å². The van der Waals surface area contributed by atoms with Crippen LogP contribution in [-0.4, -0.2) is 34.9 Å². The molecule has 1 unspecified atom stereocenters. The molecule has 0 radical (unpaired) electrons. The van der Waals surface area contributed by atoms with Crippen LogP contribution >= 0.6 is 48.0 Å². The van der Waals surface area contributed by atoms with E-state index in [0.29, 0.717) is 34.4 Å². The summed E-state index contributed by atoms with van der Waals surface area (Å²) in [5, 5.41) is 0.860. The number of carbonyl (C=O) groups excluding carboxylic acids is 1. The van der Waals surface area contributed by atoms with Gasteiger partial charge in [-0.25, -0.2) is 4.98 Å². The third-order valence-corrected chi connectivity index (χ3v) is 4.38. The summed E-state index contributed by atoms with van der Waals surface area (Å²) in [6.07, 6.45) is 3.39. The van der Waals surface area contributed by atoms with Gasteiger partial charge in [-0.3, -0.25) is 4.79 Å².